The molecular weight excluding hydrogens is 389 g/mol. The molecule has 2 fully saturated rings. The van der Waals surface area contributed by atoms with E-state index in [1.54, 1.807) is 11.3 Å². The zero-order valence-corrected chi connectivity index (χ0v) is 17.3. The number of halogens is 2. The van der Waals surface area contributed by atoms with Crippen molar-refractivity contribution in [2.75, 3.05) is 13.1 Å². The van der Waals surface area contributed by atoms with Crippen LogP contribution in [0.5, 0.6) is 0 Å². The summed E-state index contributed by atoms with van der Waals surface area (Å²) < 4.78 is 0. The molecule has 7 heteroatoms. The van der Waals surface area contributed by atoms with Gasteiger partial charge in [-0.15, -0.1) is 36.2 Å². The van der Waals surface area contributed by atoms with Crippen molar-refractivity contribution < 1.29 is 4.79 Å². The number of carbonyl (C=O) groups excluding carboxylic acids is 1. The predicted octanol–water partition coefficient (Wildman–Crippen LogP) is 3.86. The predicted molar refractivity (Wildman–Crippen MR) is 112 cm³/mol. The Bertz CT molecular complexity index is 752. The van der Waals surface area contributed by atoms with Crippen molar-refractivity contribution in [2.24, 2.45) is 0 Å². The van der Waals surface area contributed by atoms with Crippen molar-refractivity contribution >= 4 is 42.1 Å². The third-order valence-corrected chi connectivity index (χ3v) is 5.97. The Hall–Kier alpha value is -1.14. The summed E-state index contributed by atoms with van der Waals surface area (Å²) in [6.45, 7) is 3.81. The Kier molecular flexibility index (Phi) is 7.47. The lowest BCUT2D eigenvalue weighted by molar-refractivity contribution is -0.130. The highest BCUT2D eigenvalue weighted by Gasteiger charge is 2.31. The van der Waals surface area contributed by atoms with E-state index in [-0.39, 0.29) is 30.7 Å². The molecule has 2 bridgehead atoms. The van der Waals surface area contributed by atoms with E-state index >= 15 is 0 Å². The lowest BCUT2D eigenvalue weighted by atomic mass is 10.1. The number of benzene rings is 1. The molecule has 0 aliphatic carbocycles. The number of hydrogen-bond donors (Lipinski definition) is 1. The molecule has 2 aliphatic rings. The van der Waals surface area contributed by atoms with Crippen molar-refractivity contribution in [1.29, 1.82) is 0 Å². The maximum absolute atomic E-state index is 12.7. The van der Waals surface area contributed by atoms with Crippen LogP contribution in [0.15, 0.2) is 29.6 Å². The van der Waals surface area contributed by atoms with E-state index in [2.05, 4.69) is 41.5 Å². The first kappa shape index (κ1) is 21.2. The number of likely N-dealkylation sites (tertiary alicyclic amines) is 1. The average molecular weight is 414 g/mol. The molecule has 4 rings (SSSR count). The van der Waals surface area contributed by atoms with Gasteiger partial charge in [0.25, 0.3) is 0 Å². The molecule has 1 aromatic heterocycles. The highest BCUT2D eigenvalue weighted by Crippen LogP contribution is 2.25. The number of fused-ring (bicyclic) bond motifs is 2. The van der Waals surface area contributed by atoms with E-state index in [0.717, 1.165) is 35.8 Å². The Morgan fingerprint density at radius 2 is 2.08 bits per heavy atom. The van der Waals surface area contributed by atoms with Gasteiger partial charge in [0.2, 0.25) is 5.91 Å². The van der Waals surface area contributed by atoms with E-state index in [0.29, 0.717) is 18.5 Å². The summed E-state index contributed by atoms with van der Waals surface area (Å²) in [5, 5.41) is 6.65. The molecule has 2 aliphatic heterocycles. The molecule has 3 heterocycles. The van der Waals surface area contributed by atoms with Crippen LogP contribution < -0.4 is 5.32 Å². The van der Waals surface area contributed by atoms with Crippen LogP contribution in [0.3, 0.4) is 0 Å². The molecule has 0 radical (unpaired) electrons. The number of carbonyl (C=O) groups is 1. The van der Waals surface area contributed by atoms with Crippen LogP contribution in [0, 0.1) is 6.92 Å². The maximum Gasteiger partial charge on any atom is 0.228 e. The number of amides is 1. The summed E-state index contributed by atoms with van der Waals surface area (Å²) in [6.07, 6.45) is 3.95. The maximum atomic E-state index is 12.7. The number of nitrogens with one attached hydrogen (secondary N) is 1. The smallest absolute Gasteiger partial charge is 0.228 e. The summed E-state index contributed by atoms with van der Waals surface area (Å²) in [6, 6.07) is 9.45. The van der Waals surface area contributed by atoms with Gasteiger partial charge in [-0.2, -0.15) is 0 Å². The van der Waals surface area contributed by atoms with E-state index in [1.165, 1.54) is 18.4 Å². The van der Waals surface area contributed by atoms with Crippen LogP contribution in [-0.4, -0.2) is 41.0 Å². The first-order chi connectivity index (χ1) is 11.7. The Morgan fingerprint density at radius 3 is 2.88 bits per heavy atom. The van der Waals surface area contributed by atoms with Gasteiger partial charge in [0.05, 0.1) is 12.1 Å². The van der Waals surface area contributed by atoms with E-state index in [1.807, 2.05) is 10.3 Å². The average Bonchev–Trinajstić information content (AvgIpc) is 3.14. The van der Waals surface area contributed by atoms with E-state index in [9.17, 15) is 4.79 Å². The lowest BCUT2D eigenvalue weighted by Gasteiger charge is -2.24. The largest absolute Gasteiger partial charge is 0.341 e. The van der Waals surface area contributed by atoms with Gasteiger partial charge in [0, 0.05) is 36.1 Å². The topological polar surface area (TPSA) is 45.2 Å². The highest BCUT2D eigenvalue weighted by molar-refractivity contribution is 7.13. The second-order valence-corrected chi connectivity index (χ2v) is 7.81. The van der Waals surface area contributed by atoms with Gasteiger partial charge in [-0.05, 0) is 32.3 Å². The second kappa shape index (κ2) is 9.18. The van der Waals surface area contributed by atoms with Crippen LogP contribution in [0.25, 0.3) is 10.6 Å². The summed E-state index contributed by atoms with van der Waals surface area (Å²) in [5.74, 6) is 0.213. The Morgan fingerprint density at radius 1 is 1.27 bits per heavy atom. The molecule has 0 spiro atoms. The molecule has 26 heavy (non-hydrogen) atoms. The first-order valence-electron chi connectivity index (χ1n) is 8.72. The molecule has 4 nitrogen and oxygen atoms in total. The molecule has 2 atom stereocenters. The van der Waals surface area contributed by atoms with Gasteiger partial charge >= 0.3 is 0 Å². The van der Waals surface area contributed by atoms with Crippen LogP contribution >= 0.6 is 36.2 Å². The van der Waals surface area contributed by atoms with Gasteiger partial charge in [0.1, 0.15) is 5.01 Å². The third-order valence-electron chi connectivity index (χ3n) is 5.03. The van der Waals surface area contributed by atoms with Gasteiger partial charge in [0.15, 0.2) is 0 Å². The van der Waals surface area contributed by atoms with Crippen LogP contribution in [0.2, 0.25) is 0 Å². The Balaban J connectivity index is 0.00000121. The van der Waals surface area contributed by atoms with E-state index < -0.39 is 0 Å². The molecule has 0 saturated carbocycles. The zero-order valence-electron chi connectivity index (χ0n) is 14.8. The minimum Gasteiger partial charge on any atom is -0.341 e. The fourth-order valence-electron chi connectivity index (χ4n) is 3.74. The quantitative estimate of drug-likeness (QED) is 0.830. The number of hydrogen-bond acceptors (Lipinski definition) is 4. The van der Waals surface area contributed by atoms with Gasteiger partial charge in [-0.1, -0.05) is 23.8 Å². The van der Waals surface area contributed by atoms with Crippen LogP contribution in [0.4, 0.5) is 0 Å². The van der Waals surface area contributed by atoms with Crippen molar-refractivity contribution in [3.63, 3.8) is 0 Å². The number of nitrogens with zero attached hydrogens (tertiary/aromatic N) is 2. The fourth-order valence-corrected chi connectivity index (χ4v) is 4.55. The minimum absolute atomic E-state index is 0. The van der Waals surface area contributed by atoms with Crippen LogP contribution in [-0.2, 0) is 11.2 Å². The molecular formula is C19H25Cl2N3OS. The molecule has 2 unspecified atom stereocenters. The van der Waals surface area contributed by atoms with Crippen molar-refractivity contribution in [3.8, 4) is 10.6 Å². The Labute approximate surface area is 171 Å². The zero-order chi connectivity index (χ0) is 16.5. The number of aryl methyl sites for hydroxylation is 1. The molecule has 142 valence electrons. The normalized spacial score (nSPS) is 21.5. The van der Waals surface area contributed by atoms with Crippen molar-refractivity contribution in [2.45, 2.75) is 44.7 Å². The van der Waals surface area contributed by atoms with Crippen molar-refractivity contribution in [3.05, 3.63) is 40.9 Å². The summed E-state index contributed by atoms with van der Waals surface area (Å²) in [7, 11) is 0. The van der Waals surface area contributed by atoms with Gasteiger partial charge in [-0.3, -0.25) is 4.79 Å². The molecule has 1 amide bonds. The SMILES string of the molecule is Cc1cccc(-c2nc(CC(=O)N3CCC4CCC(C3)N4)cs2)c1.Cl.Cl. The standard InChI is InChI=1S/C19H23N3OS.2ClH/c1-13-3-2-4-14(9-13)19-21-17(12-24-19)10-18(23)22-8-7-15-5-6-16(11-22)20-15;;/h2-4,9,12,15-16,20H,5-8,10-11H2,1H3;2*1H. The van der Waals surface area contributed by atoms with Gasteiger partial charge in [-0.25, -0.2) is 4.98 Å². The molecule has 2 aromatic rings. The van der Waals surface area contributed by atoms with Crippen molar-refractivity contribution in [1.82, 2.24) is 15.2 Å². The number of rotatable bonds is 3. The molecule has 2 saturated heterocycles. The van der Waals surface area contributed by atoms with E-state index in [4.69, 9.17) is 0 Å². The summed E-state index contributed by atoms with van der Waals surface area (Å²) in [5.41, 5.74) is 3.26. The molecule has 1 aromatic carbocycles. The first-order valence-corrected chi connectivity index (χ1v) is 9.60. The second-order valence-electron chi connectivity index (χ2n) is 6.96. The third kappa shape index (κ3) is 4.77. The lowest BCUT2D eigenvalue weighted by Crippen LogP contribution is -2.39. The van der Waals surface area contributed by atoms with Crippen LogP contribution in [0.1, 0.15) is 30.5 Å². The van der Waals surface area contributed by atoms with Gasteiger partial charge < -0.3 is 10.2 Å². The molecule has 1 N–H and O–H groups in total. The summed E-state index contributed by atoms with van der Waals surface area (Å²) in [4.78, 5) is 19.4. The minimum atomic E-state index is 0. The number of aromatic nitrogens is 1. The number of thiazole rings is 1. The highest BCUT2D eigenvalue weighted by atomic mass is 35.5. The summed E-state index contributed by atoms with van der Waals surface area (Å²) >= 11 is 1.62. The fraction of sp³-hybridized carbons (Fsp3) is 0.474. The monoisotopic (exact) mass is 413 g/mol.